The summed E-state index contributed by atoms with van der Waals surface area (Å²) in [6.07, 6.45) is 3.77. The van der Waals surface area contributed by atoms with Crippen molar-refractivity contribution in [3.05, 3.63) is 94.8 Å². The molecule has 23 heteroatoms. The molecule has 20 nitrogen and oxygen atoms in total. The number of halogens is 3. The Balaban J connectivity index is 0.858. The normalized spacial score (nSPS) is 16.3. The molecule has 1 atom stereocenters. The van der Waals surface area contributed by atoms with Crippen LogP contribution in [0.4, 0.5) is 20.5 Å². The monoisotopic (exact) mass is 1020 g/mol. The van der Waals surface area contributed by atoms with E-state index in [1.54, 1.807) is 24.9 Å². The smallest absolute Gasteiger partial charge is 0.262 e. The van der Waals surface area contributed by atoms with E-state index in [-0.39, 0.29) is 97.0 Å². The van der Waals surface area contributed by atoms with Crippen LogP contribution in [-0.4, -0.2) is 177 Å². The van der Waals surface area contributed by atoms with Gasteiger partial charge in [-0.25, -0.2) is 13.8 Å². The molecule has 2 fully saturated rings. The average molecular weight is 1020 g/mol. The topological polar surface area (TPSA) is 232 Å². The van der Waals surface area contributed by atoms with Gasteiger partial charge in [0, 0.05) is 70.1 Å². The first-order chi connectivity index (χ1) is 34.6. The van der Waals surface area contributed by atoms with E-state index in [4.69, 9.17) is 35.3 Å². The van der Waals surface area contributed by atoms with Crippen molar-refractivity contribution in [2.24, 2.45) is 0 Å². The number of piperidine rings is 1. The van der Waals surface area contributed by atoms with Crippen LogP contribution in [0.1, 0.15) is 52.5 Å². The SMILES string of the molecule is C=CC(=O)N1CCN(c2nc(NCCC(=O)N(C)CCOCCOCCOCCOCCOc3ccc4c(c3)C(=O)N(C3CCC(=O)NC3=O)C4=O)nc3c(F)c(/C(C(=C)O)=C(F)/C=C\C)c(Cl)cc23)CC1. The number of fused-ring (bicyclic) bond motifs is 2. The van der Waals surface area contributed by atoms with E-state index in [2.05, 4.69) is 33.8 Å². The predicted octanol–water partition coefficient (Wildman–Crippen LogP) is 4.39. The van der Waals surface area contributed by atoms with Crippen LogP contribution >= 0.6 is 11.6 Å². The van der Waals surface area contributed by atoms with Crippen molar-refractivity contribution in [2.45, 2.75) is 32.2 Å². The molecule has 0 aliphatic carbocycles. The number of benzene rings is 2. The molecule has 1 aromatic heterocycles. The van der Waals surface area contributed by atoms with Crippen LogP contribution in [0, 0.1) is 5.82 Å². The number of rotatable bonds is 26. The van der Waals surface area contributed by atoms with Crippen LogP contribution in [0.3, 0.4) is 0 Å². The molecule has 4 heterocycles. The minimum absolute atomic E-state index is 0.0185. The summed E-state index contributed by atoms with van der Waals surface area (Å²) in [4.78, 5) is 89.8. The second kappa shape index (κ2) is 26.0. The Morgan fingerprint density at radius 1 is 0.944 bits per heavy atom. The highest BCUT2D eigenvalue weighted by Crippen LogP contribution is 2.40. The predicted molar refractivity (Wildman–Crippen MR) is 261 cm³/mol. The molecule has 0 saturated carbocycles. The average Bonchev–Trinajstić information content (AvgIpc) is 3.60. The molecule has 2 saturated heterocycles. The summed E-state index contributed by atoms with van der Waals surface area (Å²) < 4.78 is 59.6. The zero-order valence-corrected chi connectivity index (χ0v) is 40.8. The maximum atomic E-state index is 16.5. The minimum atomic E-state index is -1.05. The minimum Gasteiger partial charge on any atom is -0.508 e. The van der Waals surface area contributed by atoms with Gasteiger partial charge in [-0.15, -0.1) is 0 Å². The summed E-state index contributed by atoms with van der Waals surface area (Å²) in [5.41, 5.74) is -0.916. The van der Waals surface area contributed by atoms with Crippen molar-refractivity contribution in [3.63, 3.8) is 0 Å². The van der Waals surface area contributed by atoms with Crippen molar-refractivity contribution in [1.82, 2.24) is 30.0 Å². The molecule has 1 unspecified atom stereocenters. The number of aromatic nitrogens is 2. The summed E-state index contributed by atoms with van der Waals surface area (Å²) >= 11 is 6.56. The number of imide groups is 2. The first kappa shape index (κ1) is 54.5. The van der Waals surface area contributed by atoms with Gasteiger partial charge in [-0.3, -0.25) is 39.0 Å². The molecule has 0 radical (unpaired) electrons. The number of carbonyl (C=O) groups excluding carboxylic acids is 6. The Kier molecular flexibility index (Phi) is 19.7. The molecular formula is C49H57ClF2N8O12. The Bertz CT molecular complexity index is 2620. The summed E-state index contributed by atoms with van der Waals surface area (Å²) in [7, 11) is 1.63. The number of nitrogens with one attached hydrogen (secondary N) is 2. The van der Waals surface area contributed by atoms with Crippen LogP contribution in [-0.2, 0) is 38.1 Å². The Labute approximate surface area is 419 Å². The number of nitrogens with zero attached hydrogens (tertiary/aromatic N) is 6. The summed E-state index contributed by atoms with van der Waals surface area (Å²) in [5.74, 6) is -4.87. The number of amides is 6. The van der Waals surface area contributed by atoms with Crippen LogP contribution in [0.5, 0.6) is 5.75 Å². The molecule has 6 rings (SSSR count). The zero-order valence-electron chi connectivity index (χ0n) is 40.0. The second-order valence-corrected chi connectivity index (χ2v) is 16.9. The van der Waals surface area contributed by atoms with Gasteiger partial charge in [-0.1, -0.05) is 30.8 Å². The fourth-order valence-corrected chi connectivity index (χ4v) is 8.23. The molecule has 3 aliphatic rings. The zero-order chi connectivity index (χ0) is 51.9. The molecule has 386 valence electrons. The Morgan fingerprint density at radius 2 is 1.58 bits per heavy atom. The summed E-state index contributed by atoms with van der Waals surface area (Å²) in [5, 5.41) is 15.5. The number of anilines is 2. The molecule has 6 amide bonds. The first-order valence-electron chi connectivity index (χ1n) is 23.2. The van der Waals surface area contributed by atoms with E-state index in [1.165, 1.54) is 35.3 Å². The second-order valence-electron chi connectivity index (χ2n) is 16.4. The summed E-state index contributed by atoms with van der Waals surface area (Å²) in [6.45, 7) is 12.7. The molecule has 2 aromatic carbocycles. The van der Waals surface area contributed by atoms with E-state index >= 15 is 8.78 Å². The van der Waals surface area contributed by atoms with Gasteiger partial charge in [0.05, 0.1) is 74.6 Å². The van der Waals surface area contributed by atoms with Crippen LogP contribution in [0.2, 0.25) is 5.02 Å². The van der Waals surface area contributed by atoms with Gasteiger partial charge in [-0.05, 0) is 49.8 Å². The van der Waals surface area contributed by atoms with Crippen LogP contribution < -0.4 is 20.3 Å². The third kappa shape index (κ3) is 13.6. The van der Waals surface area contributed by atoms with Gasteiger partial charge < -0.3 is 48.8 Å². The van der Waals surface area contributed by atoms with E-state index in [1.807, 2.05) is 4.90 Å². The number of aliphatic hydroxyl groups excluding tert-OH is 1. The number of likely N-dealkylation sites (N-methyl/N-ethyl adjacent to an activating group) is 1. The molecule has 3 aromatic rings. The fourth-order valence-electron chi connectivity index (χ4n) is 7.95. The lowest BCUT2D eigenvalue weighted by Gasteiger charge is -2.35. The molecule has 0 spiro atoms. The Morgan fingerprint density at radius 3 is 2.21 bits per heavy atom. The van der Waals surface area contributed by atoms with Gasteiger partial charge in [-0.2, -0.15) is 4.98 Å². The van der Waals surface area contributed by atoms with Gasteiger partial charge in [0.15, 0.2) is 5.82 Å². The van der Waals surface area contributed by atoms with Gasteiger partial charge in [0.1, 0.15) is 41.3 Å². The van der Waals surface area contributed by atoms with Gasteiger partial charge >= 0.3 is 0 Å². The highest BCUT2D eigenvalue weighted by Gasteiger charge is 2.44. The maximum Gasteiger partial charge on any atom is 0.262 e. The molecule has 0 bridgehead atoms. The van der Waals surface area contributed by atoms with Gasteiger partial charge in [0.25, 0.3) is 11.8 Å². The molecule has 3 aliphatic heterocycles. The largest absolute Gasteiger partial charge is 0.508 e. The molecular weight excluding hydrogens is 966 g/mol. The standard InChI is InChI=1S/C49H57ClF2N8O12/c1-5-7-36(51)41(30(3)61)42-35(50)29-34-44(43(42)52)55-49(56-45(34)59-16-14-58(15-17-59)39(63)6-2)53-13-12-40(64)57(4)18-19-68-20-21-69-22-23-70-24-25-71-26-27-72-31-8-9-32-33(28-31)48(67)60(47(32)66)37-10-11-38(62)54-46(37)65/h5-9,28-29,37,61H,2-3,10-27H2,1,4H3,(H,53,55,56)(H,54,62,65)/b7-5-,41-36-. The third-order valence-electron chi connectivity index (χ3n) is 11.7. The lowest BCUT2D eigenvalue weighted by atomic mass is 10.00. The quantitative estimate of drug-likeness (QED) is 0.0333. The van der Waals surface area contributed by atoms with Crippen molar-refractivity contribution in [3.8, 4) is 5.75 Å². The number of carbonyl (C=O) groups is 6. The van der Waals surface area contributed by atoms with Gasteiger partial charge in [0.2, 0.25) is 29.6 Å². The van der Waals surface area contributed by atoms with E-state index in [0.717, 1.165) is 11.0 Å². The van der Waals surface area contributed by atoms with E-state index in [0.29, 0.717) is 77.3 Å². The first-order valence-corrected chi connectivity index (χ1v) is 23.6. The van der Waals surface area contributed by atoms with Crippen molar-refractivity contribution in [1.29, 1.82) is 0 Å². The lowest BCUT2D eigenvalue weighted by Crippen LogP contribution is -2.54. The lowest BCUT2D eigenvalue weighted by molar-refractivity contribution is -0.136. The fraction of sp³-hybridized carbons (Fsp3) is 0.429. The van der Waals surface area contributed by atoms with E-state index < -0.39 is 58.2 Å². The molecule has 72 heavy (non-hydrogen) atoms. The number of piperazine rings is 1. The van der Waals surface area contributed by atoms with Crippen molar-refractivity contribution in [2.75, 3.05) is 116 Å². The number of ether oxygens (including phenoxy) is 5. The number of aliphatic hydroxyl groups is 1. The van der Waals surface area contributed by atoms with E-state index in [9.17, 15) is 33.9 Å². The number of hydrogen-bond acceptors (Lipinski definition) is 16. The van der Waals surface area contributed by atoms with Crippen LogP contribution in [0.15, 0.2) is 67.2 Å². The summed E-state index contributed by atoms with van der Waals surface area (Å²) in [6, 6.07) is 4.82. The van der Waals surface area contributed by atoms with Crippen molar-refractivity contribution < 1.29 is 66.3 Å². The molecule has 3 N–H and O–H groups in total. The highest BCUT2D eigenvalue weighted by molar-refractivity contribution is 6.33. The highest BCUT2D eigenvalue weighted by atomic mass is 35.5. The number of allylic oxidation sites excluding steroid dienone is 4. The Hall–Kier alpha value is -6.85. The van der Waals surface area contributed by atoms with Crippen molar-refractivity contribution >= 4 is 75.3 Å². The van der Waals surface area contributed by atoms with Crippen LogP contribution in [0.25, 0.3) is 16.5 Å². The number of hydrogen-bond donors (Lipinski definition) is 3. The third-order valence-corrected chi connectivity index (χ3v) is 12.0. The maximum absolute atomic E-state index is 16.5.